The van der Waals surface area contributed by atoms with Crippen molar-refractivity contribution in [2.45, 2.75) is 76.0 Å². The molecule has 0 saturated heterocycles. The second-order valence-electron chi connectivity index (χ2n) is 5.22. The molecule has 0 aromatic heterocycles. The van der Waals surface area contributed by atoms with E-state index in [-0.39, 0.29) is 0 Å². The van der Waals surface area contributed by atoms with Gasteiger partial charge >= 0.3 is 0 Å². The second-order valence-corrected chi connectivity index (χ2v) is 11.5. The number of hydrogen-bond acceptors (Lipinski definition) is 2. The van der Waals surface area contributed by atoms with Crippen molar-refractivity contribution in [3.63, 3.8) is 0 Å². The van der Waals surface area contributed by atoms with Gasteiger partial charge in [-0.1, -0.05) is 50.3 Å². The van der Waals surface area contributed by atoms with Crippen molar-refractivity contribution in [1.29, 1.82) is 0 Å². The molecule has 1 atom stereocenters. The van der Waals surface area contributed by atoms with Crippen molar-refractivity contribution in [3.8, 4) is 0 Å². The van der Waals surface area contributed by atoms with Crippen molar-refractivity contribution in [2.24, 2.45) is 0 Å². The fourth-order valence-corrected chi connectivity index (χ4v) is 6.80. The van der Waals surface area contributed by atoms with Gasteiger partial charge in [-0.25, -0.2) is 0 Å². The molecule has 2 saturated carbocycles. The van der Waals surface area contributed by atoms with Crippen molar-refractivity contribution >= 4 is 29.5 Å². The van der Waals surface area contributed by atoms with E-state index in [2.05, 4.69) is 0 Å². The van der Waals surface area contributed by atoms with Gasteiger partial charge in [0.2, 0.25) is 0 Å². The van der Waals surface area contributed by atoms with Crippen molar-refractivity contribution in [2.75, 3.05) is 0 Å². The molecule has 0 radical (unpaired) electrons. The lowest BCUT2D eigenvalue weighted by Gasteiger charge is -2.34. The van der Waals surface area contributed by atoms with Crippen LogP contribution in [0.25, 0.3) is 0 Å². The normalized spacial score (nSPS) is 28.8. The Hall–Kier alpha value is 0.960. The first kappa shape index (κ1) is 13.4. The fourth-order valence-electron chi connectivity index (χ4n) is 2.88. The summed E-state index contributed by atoms with van der Waals surface area (Å²) >= 11 is 10.4. The zero-order valence-corrected chi connectivity index (χ0v) is 12.5. The van der Waals surface area contributed by atoms with Gasteiger partial charge in [0.05, 0.1) is 6.10 Å². The maximum atomic E-state index is 6.21. The van der Waals surface area contributed by atoms with Crippen LogP contribution in [0.2, 0.25) is 0 Å². The van der Waals surface area contributed by atoms with Crippen LogP contribution in [0.1, 0.15) is 64.2 Å². The summed E-state index contributed by atoms with van der Waals surface area (Å²) in [5.74, 6) is 0. The average Bonchev–Trinajstić information content (AvgIpc) is 2.31. The van der Waals surface area contributed by atoms with Crippen LogP contribution in [0.4, 0.5) is 0 Å². The minimum atomic E-state index is -1.81. The summed E-state index contributed by atoms with van der Waals surface area (Å²) in [6, 6.07) is 0. The summed E-state index contributed by atoms with van der Waals surface area (Å²) < 4.78 is 6.21. The molecular weight excluding hydrogens is 255 g/mol. The Morgan fingerprint density at radius 2 is 1.38 bits per heavy atom. The molecule has 0 N–H and O–H groups in total. The van der Waals surface area contributed by atoms with Crippen molar-refractivity contribution < 1.29 is 4.52 Å². The largest absolute Gasteiger partial charge is 0.338 e. The highest BCUT2D eigenvalue weighted by Crippen LogP contribution is 2.62. The third-order valence-electron chi connectivity index (χ3n) is 3.89. The monoisotopic (exact) mass is 278 g/mol. The van der Waals surface area contributed by atoms with Gasteiger partial charge in [0, 0.05) is 5.66 Å². The van der Waals surface area contributed by atoms with E-state index in [1.807, 2.05) is 0 Å². The standard InChI is InChI=1S/C12H23OPS2/c15-14(16,12-9-5-2-6-10-12)13-11-7-3-1-4-8-11/h11-12H,1-10H2,(H,15,16). The van der Waals surface area contributed by atoms with Crippen LogP contribution in [0.15, 0.2) is 0 Å². The minimum Gasteiger partial charge on any atom is -0.338 e. The lowest BCUT2D eigenvalue weighted by molar-refractivity contribution is 0.173. The Bertz CT molecular complexity index is 258. The van der Waals surface area contributed by atoms with E-state index in [4.69, 9.17) is 28.6 Å². The van der Waals surface area contributed by atoms with Crippen LogP contribution in [0.5, 0.6) is 0 Å². The smallest absolute Gasteiger partial charge is 0.120 e. The number of hydrogen-bond donors (Lipinski definition) is 1. The van der Waals surface area contributed by atoms with Gasteiger partial charge in [-0.2, -0.15) is 0 Å². The van der Waals surface area contributed by atoms with Gasteiger partial charge in [-0.15, -0.1) is 12.2 Å². The molecule has 2 aliphatic carbocycles. The number of rotatable bonds is 3. The van der Waals surface area contributed by atoms with Crippen molar-refractivity contribution in [3.05, 3.63) is 0 Å². The maximum absolute atomic E-state index is 6.21. The molecule has 1 unspecified atom stereocenters. The zero-order chi connectivity index (χ0) is 11.4. The molecular formula is C12H23OPS2. The molecule has 0 amide bonds. The molecule has 0 bridgehead atoms. The average molecular weight is 278 g/mol. The first-order valence-corrected chi connectivity index (χ1v) is 10.6. The highest BCUT2D eigenvalue weighted by atomic mass is 32.9. The highest BCUT2D eigenvalue weighted by molar-refractivity contribution is 8.62. The van der Waals surface area contributed by atoms with Crippen LogP contribution in [0, 0.1) is 0 Å². The first-order chi connectivity index (χ1) is 7.68. The highest BCUT2D eigenvalue weighted by Gasteiger charge is 2.30. The third-order valence-corrected chi connectivity index (χ3v) is 8.34. The first-order valence-electron chi connectivity index (χ1n) is 6.69. The molecule has 2 aliphatic rings. The molecule has 0 aromatic carbocycles. The Labute approximate surface area is 110 Å². The zero-order valence-electron chi connectivity index (χ0n) is 9.94. The van der Waals surface area contributed by atoms with Gasteiger partial charge in [0.15, 0.2) is 0 Å². The van der Waals surface area contributed by atoms with Crippen LogP contribution in [-0.2, 0) is 16.3 Å². The molecule has 0 aromatic rings. The minimum absolute atomic E-state index is 0.430. The molecule has 1 nitrogen and oxygen atoms in total. The number of thiol groups is 1. The SMILES string of the molecule is S=P(S)(OC1CCCCC1)C1CCCCC1. The van der Waals surface area contributed by atoms with Gasteiger partial charge in [0.1, 0.15) is 5.47 Å². The Balaban J connectivity index is 1.87. The van der Waals surface area contributed by atoms with Crippen molar-refractivity contribution in [1.82, 2.24) is 0 Å². The Morgan fingerprint density at radius 3 is 1.94 bits per heavy atom. The quantitative estimate of drug-likeness (QED) is 0.580. The molecule has 2 rings (SSSR count). The summed E-state index contributed by atoms with van der Waals surface area (Å²) in [5.41, 5.74) is -1.21. The summed E-state index contributed by atoms with van der Waals surface area (Å²) in [4.78, 5) is 0. The second kappa shape index (κ2) is 6.22. The van der Waals surface area contributed by atoms with Gasteiger partial charge in [-0.3, -0.25) is 0 Å². The molecule has 2 fully saturated rings. The summed E-state index contributed by atoms with van der Waals surface area (Å²) in [6.45, 7) is 0. The molecule has 0 spiro atoms. The molecule has 4 heteroatoms. The van der Waals surface area contributed by atoms with E-state index in [0.29, 0.717) is 11.8 Å². The van der Waals surface area contributed by atoms with Crippen LogP contribution in [-0.4, -0.2) is 11.8 Å². The Morgan fingerprint density at radius 1 is 0.875 bits per heavy atom. The van der Waals surface area contributed by atoms with Gasteiger partial charge in [-0.05, 0) is 25.7 Å². The molecule has 16 heavy (non-hydrogen) atoms. The lowest BCUT2D eigenvalue weighted by atomic mass is 9.98. The predicted octanol–water partition coefficient (Wildman–Crippen LogP) is 4.91. The van der Waals surface area contributed by atoms with E-state index in [1.165, 1.54) is 64.2 Å². The molecule has 0 heterocycles. The van der Waals surface area contributed by atoms with Crippen LogP contribution >= 0.6 is 17.7 Å². The molecule has 0 aliphatic heterocycles. The topological polar surface area (TPSA) is 9.23 Å². The fraction of sp³-hybridized carbons (Fsp3) is 1.00. The predicted molar refractivity (Wildman–Crippen MR) is 78.1 cm³/mol. The summed E-state index contributed by atoms with van der Waals surface area (Å²) in [5, 5.41) is 0. The third kappa shape index (κ3) is 3.73. The van der Waals surface area contributed by atoms with E-state index < -0.39 is 5.47 Å². The Kier molecular flexibility index (Phi) is 5.21. The molecule has 94 valence electrons. The van der Waals surface area contributed by atoms with E-state index in [0.717, 1.165) is 0 Å². The summed E-state index contributed by atoms with van der Waals surface area (Å²) in [6.07, 6.45) is 13.4. The lowest BCUT2D eigenvalue weighted by Crippen LogP contribution is -2.19. The van der Waals surface area contributed by atoms with Crippen LogP contribution < -0.4 is 0 Å². The van der Waals surface area contributed by atoms with E-state index in [9.17, 15) is 0 Å². The summed E-state index contributed by atoms with van der Waals surface area (Å²) in [7, 11) is 0. The maximum Gasteiger partial charge on any atom is 0.120 e. The van der Waals surface area contributed by atoms with E-state index >= 15 is 0 Å². The van der Waals surface area contributed by atoms with Crippen LogP contribution in [0.3, 0.4) is 0 Å². The van der Waals surface area contributed by atoms with Gasteiger partial charge < -0.3 is 4.52 Å². The van der Waals surface area contributed by atoms with Gasteiger partial charge in [0.25, 0.3) is 0 Å². The van der Waals surface area contributed by atoms with E-state index in [1.54, 1.807) is 0 Å².